The lowest BCUT2D eigenvalue weighted by Crippen LogP contribution is -2.59. The van der Waals surface area contributed by atoms with E-state index in [0.717, 1.165) is 58.0 Å². The lowest BCUT2D eigenvalue weighted by atomic mass is 9.49. The summed E-state index contributed by atoms with van der Waals surface area (Å²) in [5.74, 6) is 2.73. The number of carbonyl (C=O) groups excluding carboxylic acids is 3. The van der Waals surface area contributed by atoms with Gasteiger partial charge in [0.25, 0.3) is 0 Å². The van der Waals surface area contributed by atoms with Crippen LogP contribution in [-0.4, -0.2) is 59.7 Å². The molecule has 0 aromatic heterocycles. The molecular weight excluding hydrogens is 402 g/mol. The minimum absolute atomic E-state index is 0.0464. The molecule has 6 aliphatic rings. The number of nitrogens with one attached hydrogen (secondary N) is 1. The van der Waals surface area contributed by atoms with E-state index in [2.05, 4.69) is 5.32 Å². The van der Waals surface area contributed by atoms with E-state index in [1.54, 1.807) is 0 Å². The van der Waals surface area contributed by atoms with Crippen molar-refractivity contribution in [1.82, 2.24) is 15.1 Å². The number of nitrogens with zero attached hydrogens (tertiary/aromatic N) is 2. The van der Waals surface area contributed by atoms with Crippen molar-refractivity contribution in [3.05, 3.63) is 0 Å². The maximum Gasteiger partial charge on any atom is 0.245 e. The van der Waals surface area contributed by atoms with Crippen LogP contribution in [-0.2, 0) is 14.4 Å². The number of hydrogen-bond acceptors (Lipinski definition) is 3. The molecule has 1 atom stereocenters. The molecule has 3 amide bonds. The van der Waals surface area contributed by atoms with Crippen LogP contribution in [0, 0.1) is 35.0 Å². The second-order valence-electron chi connectivity index (χ2n) is 12.0. The fourth-order valence-electron chi connectivity index (χ4n) is 7.94. The highest BCUT2D eigenvalue weighted by molar-refractivity contribution is 5.91. The highest BCUT2D eigenvalue weighted by atomic mass is 16.2. The molecule has 6 heteroatoms. The Morgan fingerprint density at radius 1 is 0.812 bits per heavy atom. The van der Waals surface area contributed by atoms with Crippen LogP contribution in [0.25, 0.3) is 0 Å². The fourth-order valence-corrected chi connectivity index (χ4v) is 7.94. The first kappa shape index (κ1) is 22.2. The van der Waals surface area contributed by atoms with Gasteiger partial charge in [-0.2, -0.15) is 0 Å². The molecule has 0 aromatic rings. The summed E-state index contributed by atoms with van der Waals surface area (Å²) in [7, 11) is 0. The monoisotopic (exact) mass is 443 g/mol. The zero-order valence-electron chi connectivity index (χ0n) is 20.0. The van der Waals surface area contributed by atoms with Crippen LogP contribution < -0.4 is 5.32 Å². The Kier molecular flexibility index (Phi) is 6.00. The first-order valence-corrected chi connectivity index (χ1v) is 13.2. The fraction of sp³-hybridized carbons (Fsp3) is 0.885. The lowest BCUT2D eigenvalue weighted by molar-refractivity contribution is -0.151. The van der Waals surface area contributed by atoms with Crippen molar-refractivity contribution in [2.45, 2.75) is 84.1 Å². The van der Waals surface area contributed by atoms with Crippen molar-refractivity contribution in [1.29, 1.82) is 0 Å². The van der Waals surface area contributed by atoms with E-state index in [1.165, 1.54) is 19.3 Å². The molecule has 0 radical (unpaired) electrons. The zero-order valence-corrected chi connectivity index (χ0v) is 20.0. The Morgan fingerprint density at radius 3 is 1.84 bits per heavy atom. The van der Waals surface area contributed by atoms with Gasteiger partial charge in [-0.15, -0.1) is 0 Å². The van der Waals surface area contributed by atoms with Gasteiger partial charge in [0.2, 0.25) is 17.7 Å². The largest absolute Gasteiger partial charge is 0.344 e. The smallest absolute Gasteiger partial charge is 0.245 e. The summed E-state index contributed by atoms with van der Waals surface area (Å²) in [6, 6.07) is -0.457. The summed E-state index contributed by atoms with van der Waals surface area (Å²) < 4.78 is 0. The average molecular weight is 444 g/mol. The Morgan fingerprint density at radius 2 is 1.34 bits per heavy atom. The van der Waals surface area contributed by atoms with Crippen molar-refractivity contribution in [3.63, 3.8) is 0 Å². The van der Waals surface area contributed by atoms with Crippen LogP contribution in [0.4, 0.5) is 0 Å². The molecule has 4 bridgehead atoms. The Bertz CT molecular complexity index is 714. The number of amides is 3. The Labute approximate surface area is 192 Å². The molecule has 178 valence electrons. The normalized spacial score (nSPS) is 35.4. The summed E-state index contributed by atoms with van der Waals surface area (Å²) in [6.45, 7) is 7.10. The van der Waals surface area contributed by atoms with Gasteiger partial charge < -0.3 is 15.1 Å². The molecule has 2 heterocycles. The SMILES string of the molecule is CC(C)C(NC(=O)C12CC3CC(CC(C3)C1)C2)C(=O)N1CCC(C(=O)N2CCCC2)CC1. The summed E-state index contributed by atoms with van der Waals surface area (Å²) in [5, 5.41) is 3.24. The molecule has 2 aliphatic heterocycles. The topological polar surface area (TPSA) is 69.7 Å². The van der Waals surface area contributed by atoms with Gasteiger partial charge in [-0.25, -0.2) is 0 Å². The maximum atomic E-state index is 13.6. The minimum atomic E-state index is -0.457. The number of rotatable bonds is 5. The first-order chi connectivity index (χ1) is 15.3. The van der Waals surface area contributed by atoms with E-state index >= 15 is 0 Å². The van der Waals surface area contributed by atoms with Crippen LogP contribution in [0.2, 0.25) is 0 Å². The standard InChI is InChI=1S/C26H41N3O3/c1-17(2)22(27-25(32)26-14-18-11-19(15-26)13-20(12-18)16-26)24(31)29-9-5-21(6-10-29)23(30)28-7-3-4-8-28/h17-22H,3-16H2,1-2H3,(H,27,32). The van der Waals surface area contributed by atoms with Gasteiger partial charge in [-0.1, -0.05) is 13.8 Å². The van der Waals surface area contributed by atoms with Crippen molar-refractivity contribution >= 4 is 17.7 Å². The van der Waals surface area contributed by atoms with Gasteiger partial charge in [0, 0.05) is 37.5 Å². The molecule has 4 aliphatic carbocycles. The van der Waals surface area contributed by atoms with Gasteiger partial charge in [0.15, 0.2) is 0 Å². The molecule has 0 aromatic carbocycles. The van der Waals surface area contributed by atoms with E-state index in [-0.39, 0.29) is 35.0 Å². The van der Waals surface area contributed by atoms with E-state index in [9.17, 15) is 14.4 Å². The van der Waals surface area contributed by atoms with Gasteiger partial charge in [-0.3, -0.25) is 14.4 Å². The third-order valence-electron chi connectivity index (χ3n) is 9.31. The molecular formula is C26H41N3O3. The van der Waals surface area contributed by atoms with E-state index < -0.39 is 6.04 Å². The van der Waals surface area contributed by atoms with Crippen LogP contribution >= 0.6 is 0 Å². The zero-order chi connectivity index (χ0) is 22.5. The second kappa shape index (κ2) is 8.64. The lowest BCUT2D eigenvalue weighted by Gasteiger charge is -2.56. The van der Waals surface area contributed by atoms with E-state index in [1.807, 2.05) is 23.6 Å². The minimum Gasteiger partial charge on any atom is -0.344 e. The van der Waals surface area contributed by atoms with Crippen LogP contribution in [0.1, 0.15) is 78.1 Å². The van der Waals surface area contributed by atoms with Crippen LogP contribution in [0.3, 0.4) is 0 Å². The van der Waals surface area contributed by atoms with Crippen molar-refractivity contribution in [2.24, 2.45) is 35.0 Å². The van der Waals surface area contributed by atoms with E-state index in [4.69, 9.17) is 0 Å². The molecule has 0 spiro atoms. The summed E-state index contributed by atoms with van der Waals surface area (Å²) >= 11 is 0. The number of hydrogen-bond donors (Lipinski definition) is 1. The van der Waals surface area contributed by atoms with Gasteiger partial charge in [-0.05, 0) is 87.9 Å². The first-order valence-electron chi connectivity index (χ1n) is 13.2. The third kappa shape index (κ3) is 4.07. The second-order valence-corrected chi connectivity index (χ2v) is 12.0. The van der Waals surface area contributed by atoms with Crippen LogP contribution in [0.5, 0.6) is 0 Å². The highest BCUT2D eigenvalue weighted by Gasteiger charge is 2.55. The molecule has 1 unspecified atom stereocenters. The maximum absolute atomic E-state index is 13.6. The summed E-state index contributed by atoms with van der Waals surface area (Å²) in [5.41, 5.74) is -0.225. The predicted octanol–water partition coefficient (Wildman–Crippen LogP) is 3.20. The predicted molar refractivity (Wildman–Crippen MR) is 122 cm³/mol. The van der Waals surface area contributed by atoms with Crippen molar-refractivity contribution < 1.29 is 14.4 Å². The van der Waals surface area contributed by atoms with Crippen molar-refractivity contribution in [2.75, 3.05) is 26.2 Å². The number of likely N-dealkylation sites (tertiary alicyclic amines) is 2. The Hall–Kier alpha value is -1.59. The van der Waals surface area contributed by atoms with Crippen LogP contribution in [0.15, 0.2) is 0 Å². The number of carbonyl (C=O) groups is 3. The van der Waals surface area contributed by atoms with E-state index in [0.29, 0.717) is 30.8 Å². The number of piperidine rings is 1. The molecule has 6 rings (SSSR count). The van der Waals surface area contributed by atoms with Gasteiger partial charge in [0.1, 0.15) is 6.04 Å². The molecule has 1 N–H and O–H groups in total. The quantitative estimate of drug-likeness (QED) is 0.709. The summed E-state index contributed by atoms with van der Waals surface area (Å²) in [6.07, 6.45) is 10.7. The van der Waals surface area contributed by atoms with Crippen molar-refractivity contribution in [3.8, 4) is 0 Å². The highest BCUT2D eigenvalue weighted by Crippen LogP contribution is 2.60. The molecule has 6 nitrogen and oxygen atoms in total. The van der Waals surface area contributed by atoms with Gasteiger partial charge in [0.05, 0.1) is 0 Å². The Balaban J connectivity index is 1.19. The molecule has 32 heavy (non-hydrogen) atoms. The summed E-state index contributed by atoms with van der Waals surface area (Å²) in [4.78, 5) is 43.6. The average Bonchev–Trinajstić information content (AvgIpc) is 3.30. The third-order valence-corrected chi connectivity index (χ3v) is 9.31. The molecule has 4 saturated carbocycles. The van der Waals surface area contributed by atoms with Gasteiger partial charge >= 0.3 is 0 Å². The molecule has 6 fully saturated rings. The molecule has 2 saturated heterocycles.